The molecule has 0 bridgehead atoms. The van der Waals surface area contributed by atoms with Crippen molar-refractivity contribution < 1.29 is 27.5 Å². The first kappa shape index (κ1) is 23.3. The standard InChI is InChI=1S/C20H30N2O6S/c1-13-9-14(2)19(15(3)10-13)29(25,26)22-8-6-7-17(22)20(24)28-12-18(23)21-16(4)11-27-5/h9-10,16-17H,6-8,11-12H2,1-5H3,(H,21,23). The monoisotopic (exact) mass is 426 g/mol. The predicted molar refractivity (Wildman–Crippen MR) is 108 cm³/mol. The van der Waals surface area contributed by atoms with Crippen molar-refractivity contribution in [3.8, 4) is 0 Å². The summed E-state index contributed by atoms with van der Waals surface area (Å²) in [5, 5.41) is 2.64. The number of sulfonamides is 1. The number of hydrogen-bond donors (Lipinski definition) is 1. The molecule has 1 aliphatic rings. The first-order valence-electron chi connectivity index (χ1n) is 9.62. The summed E-state index contributed by atoms with van der Waals surface area (Å²) in [7, 11) is -2.34. The smallest absolute Gasteiger partial charge is 0.324 e. The van der Waals surface area contributed by atoms with Crippen molar-refractivity contribution in [1.82, 2.24) is 9.62 Å². The number of ether oxygens (including phenoxy) is 2. The lowest BCUT2D eigenvalue weighted by Gasteiger charge is -2.24. The topological polar surface area (TPSA) is 102 Å². The third-order valence-electron chi connectivity index (χ3n) is 4.82. The minimum absolute atomic E-state index is 0.220. The van der Waals surface area contributed by atoms with Crippen molar-refractivity contribution >= 4 is 21.9 Å². The second kappa shape index (κ2) is 9.69. The molecule has 8 nitrogen and oxygen atoms in total. The summed E-state index contributed by atoms with van der Waals surface area (Å²) < 4.78 is 37.8. The summed E-state index contributed by atoms with van der Waals surface area (Å²) in [6, 6.07) is 2.48. The van der Waals surface area contributed by atoms with E-state index in [1.165, 1.54) is 11.4 Å². The van der Waals surface area contributed by atoms with E-state index in [-0.39, 0.29) is 17.5 Å². The van der Waals surface area contributed by atoms with Gasteiger partial charge in [-0.05, 0) is 51.7 Å². The summed E-state index contributed by atoms with van der Waals surface area (Å²) in [6.45, 7) is 7.30. The molecule has 1 N–H and O–H groups in total. The lowest BCUT2D eigenvalue weighted by Crippen LogP contribution is -2.43. The number of hydrogen-bond acceptors (Lipinski definition) is 6. The highest BCUT2D eigenvalue weighted by atomic mass is 32.2. The second-order valence-electron chi connectivity index (χ2n) is 7.53. The maximum Gasteiger partial charge on any atom is 0.324 e. The third-order valence-corrected chi connectivity index (χ3v) is 7.03. The van der Waals surface area contributed by atoms with Crippen molar-refractivity contribution in [2.45, 2.75) is 57.5 Å². The van der Waals surface area contributed by atoms with E-state index in [4.69, 9.17) is 9.47 Å². The zero-order chi connectivity index (χ0) is 21.8. The lowest BCUT2D eigenvalue weighted by molar-refractivity contribution is -0.151. The number of benzene rings is 1. The summed E-state index contributed by atoms with van der Waals surface area (Å²) in [4.78, 5) is 24.7. The number of nitrogens with one attached hydrogen (secondary N) is 1. The molecule has 1 saturated heterocycles. The zero-order valence-electron chi connectivity index (χ0n) is 17.6. The van der Waals surface area contributed by atoms with Gasteiger partial charge in [0.2, 0.25) is 10.0 Å². The highest BCUT2D eigenvalue weighted by molar-refractivity contribution is 7.89. The molecule has 162 valence electrons. The molecule has 0 aromatic heterocycles. The molecule has 0 saturated carbocycles. The highest BCUT2D eigenvalue weighted by Crippen LogP contribution is 2.31. The minimum Gasteiger partial charge on any atom is -0.454 e. The van der Waals surface area contributed by atoms with E-state index in [1.807, 2.05) is 19.1 Å². The molecule has 1 fully saturated rings. The SMILES string of the molecule is COCC(C)NC(=O)COC(=O)C1CCCN1S(=O)(=O)c1c(C)cc(C)cc1C. The molecular formula is C20H30N2O6S. The fraction of sp³-hybridized carbons (Fsp3) is 0.600. The van der Waals surface area contributed by atoms with Crippen molar-refractivity contribution in [1.29, 1.82) is 0 Å². The van der Waals surface area contributed by atoms with Crippen molar-refractivity contribution in [2.24, 2.45) is 0 Å². The van der Waals surface area contributed by atoms with Crippen LogP contribution in [0.15, 0.2) is 17.0 Å². The minimum atomic E-state index is -3.86. The quantitative estimate of drug-likeness (QED) is 0.632. The van der Waals surface area contributed by atoms with Crippen LogP contribution in [-0.4, -0.2) is 63.6 Å². The number of amides is 1. The maximum atomic E-state index is 13.3. The molecule has 1 heterocycles. The molecule has 0 aliphatic carbocycles. The molecule has 1 aromatic carbocycles. The van der Waals surface area contributed by atoms with Gasteiger partial charge >= 0.3 is 5.97 Å². The van der Waals surface area contributed by atoms with Gasteiger partial charge in [0.1, 0.15) is 6.04 Å². The zero-order valence-corrected chi connectivity index (χ0v) is 18.5. The largest absolute Gasteiger partial charge is 0.454 e. The van der Waals surface area contributed by atoms with Gasteiger partial charge in [0.25, 0.3) is 5.91 Å². The van der Waals surface area contributed by atoms with Gasteiger partial charge in [-0.15, -0.1) is 0 Å². The van der Waals surface area contributed by atoms with Crippen LogP contribution < -0.4 is 5.32 Å². The average molecular weight is 427 g/mol. The van der Waals surface area contributed by atoms with Crippen LogP contribution in [0.2, 0.25) is 0 Å². The Kier molecular flexibility index (Phi) is 7.79. The van der Waals surface area contributed by atoms with Crippen LogP contribution in [0, 0.1) is 20.8 Å². The van der Waals surface area contributed by atoms with Gasteiger partial charge in [-0.25, -0.2) is 8.42 Å². The van der Waals surface area contributed by atoms with Crippen LogP contribution in [0.25, 0.3) is 0 Å². The van der Waals surface area contributed by atoms with Crippen LogP contribution in [0.3, 0.4) is 0 Å². The van der Waals surface area contributed by atoms with Gasteiger partial charge < -0.3 is 14.8 Å². The molecule has 1 amide bonds. The van der Waals surface area contributed by atoms with Crippen molar-refractivity contribution in [2.75, 3.05) is 26.9 Å². The van der Waals surface area contributed by atoms with E-state index in [9.17, 15) is 18.0 Å². The maximum absolute atomic E-state index is 13.3. The summed E-state index contributed by atoms with van der Waals surface area (Å²) in [5.74, 6) is -1.16. The van der Waals surface area contributed by atoms with Crippen molar-refractivity contribution in [3.63, 3.8) is 0 Å². The van der Waals surface area contributed by atoms with E-state index < -0.39 is 34.5 Å². The highest BCUT2D eigenvalue weighted by Gasteiger charge is 2.41. The number of esters is 1. The Morgan fingerprint density at radius 1 is 1.24 bits per heavy atom. The Balaban J connectivity index is 2.11. The van der Waals surface area contributed by atoms with Gasteiger partial charge in [0.05, 0.1) is 11.5 Å². The molecule has 9 heteroatoms. The number of nitrogens with zero attached hydrogens (tertiary/aromatic N) is 1. The molecule has 0 spiro atoms. The Hall–Kier alpha value is -1.97. The third kappa shape index (κ3) is 5.55. The van der Waals surface area contributed by atoms with Crippen LogP contribution in [0.1, 0.15) is 36.5 Å². The van der Waals surface area contributed by atoms with Crippen LogP contribution in [-0.2, 0) is 29.1 Å². The van der Waals surface area contributed by atoms with Crippen LogP contribution in [0.4, 0.5) is 0 Å². The Bertz CT molecular complexity index is 845. The number of methoxy groups -OCH3 is 1. The normalized spacial score (nSPS) is 18.4. The van der Waals surface area contributed by atoms with E-state index in [0.717, 1.165) is 5.56 Å². The Labute approximate surface area is 172 Å². The van der Waals surface area contributed by atoms with Crippen LogP contribution in [0.5, 0.6) is 0 Å². The summed E-state index contributed by atoms with van der Waals surface area (Å²) in [5.41, 5.74) is 2.27. The first-order valence-corrected chi connectivity index (χ1v) is 11.1. The predicted octanol–water partition coefficient (Wildman–Crippen LogP) is 1.46. The Morgan fingerprint density at radius 2 is 1.86 bits per heavy atom. The molecule has 2 atom stereocenters. The van der Waals surface area contributed by atoms with Crippen LogP contribution >= 0.6 is 0 Å². The number of rotatable bonds is 8. The Morgan fingerprint density at radius 3 is 2.45 bits per heavy atom. The summed E-state index contributed by atoms with van der Waals surface area (Å²) in [6.07, 6.45) is 0.920. The number of carbonyl (C=O) groups is 2. The van der Waals surface area contributed by atoms with E-state index in [0.29, 0.717) is 30.6 Å². The lowest BCUT2D eigenvalue weighted by atomic mass is 10.1. The molecule has 1 aliphatic heterocycles. The van der Waals surface area contributed by atoms with Gasteiger partial charge in [-0.3, -0.25) is 9.59 Å². The molecule has 2 rings (SSSR count). The van der Waals surface area contributed by atoms with Gasteiger partial charge in [-0.2, -0.15) is 4.31 Å². The van der Waals surface area contributed by atoms with E-state index >= 15 is 0 Å². The summed E-state index contributed by atoms with van der Waals surface area (Å²) >= 11 is 0. The fourth-order valence-corrected chi connectivity index (χ4v) is 5.86. The fourth-order valence-electron chi connectivity index (χ4n) is 3.80. The number of carbonyl (C=O) groups excluding carboxylic acids is 2. The first-order chi connectivity index (χ1) is 13.6. The van der Waals surface area contributed by atoms with Crippen molar-refractivity contribution in [3.05, 3.63) is 28.8 Å². The molecule has 1 aromatic rings. The van der Waals surface area contributed by atoms with Gasteiger partial charge in [0, 0.05) is 19.7 Å². The van der Waals surface area contributed by atoms with Gasteiger partial charge in [-0.1, -0.05) is 17.7 Å². The van der Waals surface area contributed by atoms with E-state index in [1.54, 1.807) is 20.8 Å². The average Bonchev–Trinajstić information content (AvgIpc) is 3.09. The van der Waals surface area contributed by atoms with E-state index in [2.05, 4.69) is 5.32 Å². The number of aryl methyl sites for hydroxylation is 3. The molecule has 0 radical (unpaired) electrons. The second-order valence-corrected chi connectivity index (χ2v) is 9.36. The molecular weight excluding hydrogens is 396 g/mol. The van der Waals surface area contributed by atoms with Gasteiger partial charge in [0.15, 0.2) is 6.61 Å². The molecule has 2 unspecified atom stereocenters. The molecule has 29 heavy (non-hydrogen) atoms.